The molecule has 1 heterocycles. The van der Waals surface area contributed by atoms with Crippen LogP contribution in [-0.2, 0) is 0 Å². The van der Waals surface area contributed by atoms with Gasteiger partial charge in [-0.3, -0.25) is 0 Å². The molecule has 0 unspecified atom stereocenters. The number of hydrogen-bond donors (Lipinski definition) is 1. The molecule has 1 saturated carbocycles. The Kier molecular flexibility index (Phi) is 5.08. The summed E-state index contributed by atoms with van der Waals surface area (Å²) >= 11 is 0. The number of carbonyl (C=O) groups excluding carboxylic acids is 1. The van der Waals surface area contributed by atoms with Crippen LogP contribution in [0, 0.1) is 5.92 Å². The average molecular weight is 267 g/mol. The first-order valence-corrected chi connectivity index (χ1v) is 7.81. The topological polar surface area (TPSA) is 35.6 Å². The van der Waals surface area contributed by atoms with Crippen molar-refractivity contribution >= 4 is 6.03 Å². The molecule has 2 rings (SSSR count). The number of rotatable bonds is 2. The Hall–Kier alpha value is -0.770. The van der Waals surface area contributed by atoms with Crippen LogP contribution >= 0.6 is 0 Å². The largest absolute Gasteiger partial charge is 0.331 e. The summed E-state index contributed by atoms with van der Waals surface area (Å²) in [6, 6.07) is 1.10. The average Bonchev–Trinajstić information content (AvgIpc) is 2.42. The highest BCUT2D eigenvalue weighted by Crippen LogP contribution is 2.29. The highest BCUT2D eigenvalue weighted by atomic mass is 16.2. The molecule has 2 fully saturated rings. The maximum Gasteiger partial charge on any atom is 0.319 e. The maximum absolute atomic E-state index is 12.6. The molecule has 1 N–H and O–H groups in total. The van der Waals surface area contributed by atoms with Crippen LogP contribution in [0.25, 0.3) is 0 Å². The standard InChI is InChI=1S/C15H29N3O/c1-12-11-16-10-9-14(12)18(15(19)17(2)3)13-7-5-4-6-8-13/h12-14,16H,4-11H2,1-3H3/t12-,14-/m0/s1. The number of hydrogen-bond acceptors (Lipinski definition) is 2. The van der Waals surface area contributed by atoms with Crippen LogP contribution in [0.5, 0.6) is 0 Å². The van der Waals surface area contributed by atoms with Crippen molar-refractivity contribution in [3.8, 4) is 0 Å². The molecule has 0 aromatic rings. The first-order valence-electron chi connectivity index (χ1n) is 7.81. The van der Waals surface area contributed by atoms with Crippen LogP contribution in [0.2, 0.25) is 0 Å². The molecule has 1 aliphatic carbocycles. The van der Waals surface area contributed by atoms with Crippen LogP contribution in [0.3, 0.4) is 0 Å². The third-order valence-corrected chi connectivity index (χ3v) is 4.67. The molecule has 19 heavy (non-hydrogen) atoms. The van der Waals surface area contributed by atoms with Crippen molar-refractivity contribution in [2.45, 2.75) is 57.5 Å². The number of urea groups is 1. The molecule has 1 aliphatic heterocycles. The molecule has 2 atom stereocenters. The zero-order chi connectivity index (χ0) is 13.8. The lowest BCUT2D eigenvalue weighted by Gasteiger charge is -2.45. The van der Waals surface area contributed by atoms with Crippen LogP contribution in [0.4, 0.5) is 4.79 Å². The van der Waals surface area contributed by atoms with Gasteiger partial charge in [-0.25, -0.2) is 4.79 Å². The lowest BCUT2D eigenvalue weighted by atomic mass is 9.88. The number of piperidine rings is 1. The number of nitrogens with one attached hydrogen (secondary N) is 1. The molecule has 1 saturated heterocycles. The van der Waals surface area contributed by atoms with E-state index in [9.17, 15) is 4.79 Å². The Labute approximate surface area is 117 Å². The lowest BCUT2D eigenvalue weighted by molar-refractivity contribution is 0.0698. The summed E-state index contributed by atoms with van der Waals surface area (Å²) in [6.45, 7) is 4.35. The van der Waals surface area contributed by atoms with E-state index in [4.69, 9.17) is 0 Å². The molecular weight excluding hydrogens is 238 g/mol. The fourth-order valence-corrected chi connectivity index (χ4v) is 3.57. The van der Waals surface area contributed by atoms with Gasteiger partial charge in [-0.2, -0.15) is 0 Å². The molecule has 4 heteroatoms. The van der Waals surface area contributed by atoms with Crippen LogP contribution in [0.15, 0.2) is 0 Å². The Balaban J connectivity index is 2.14. The minimum Gasteiger partial charge on any atom is -0.331 e. The van der Waals surface area contributed by atoms with Gasteiger partial charge in [0.2, 0.25) is 0 Å². The minimum absolute atomic E-state index is 0.214. The fraction of sp³-hybridized carbons (Fsp3) is 0.933. The summed E-state index contributed by atoms with van der Waals surface area (Å²) in [7, 11) is 3.76. The van der Waals surface area contributed by atoms with Crippen LogP contribution in [0.1, 0.15) is 45.4 Å². The summed E-state index contributed by atoms with van der Waals surface area (Å²) in [5.41, 5.74) is 0. The summed E-state index contributed by atoms with van der Waals surface area (Å²) in [5.74, 6) is 0.555. The summed E-state index contributed by atoms with van der Waals surface area (Å²) in [6.07, 6.45) is 7.37. The molecule has 0 bridgehead atoms. The minimum atomic E-state index is 0.214. The zero-order valence-corrected chi connectivity index (χ0v) is 12.7. The van der Waals surface area contributed by atoms with E-state index in [1.807, 2.05) is 14.1 Å². The van der Waals surface area contributed by atoms with Crippen molar-refractivity contribution < 1.29 is 4.79 Å². The first-order chi connectivity index (χ1) is 9.11. The number of amides is 2. The van der Waals surface area contributed by atoms with Gasteiger partial charge in [0.1, 0.15) is 0 Å². The van der Waals surface area contributed by atoms with E-state index < -0.39 is 0 Å². The van der Waals surface area contributed by atoms with Crippen molar-refractivity contribution in [1.82, 2.24) is 15.1 Å². The third kappa shape index (κ3) is 3.41. The van der Waals surface area contributed by atoms with Crippen LogP contribution in [-0.4, -0.2) is 55.1 Å². The Morgan fingerprint density at radius 2 is 1.79 bits per heavy atom. The van der Waals surface area contributed by atoms with Crippen molar-refractivity contribution in [2.24, 2.45) is 5.92 Å². The van der Waals surface area contributed by atoms with E-state index in [0.29, 0.717) is 18.0 Å². The van der Waals surface area contributed by atoms with Gasteiger partial charge < -0.3 is 15.1 Å². The van der Waals surface area contributed by atoms with E-state index in [1.54, 1.807) is 4.90 Å². The highest BCUT2D eigenvalue weighted by Gasteiger charge is 2.36. The van der Waals surface area contributed by atoms with Gasteiger partial charge in [0, 0.05) is 26.2 Å². The highest BCUT2D eigenvalue weighted by molar-refractivity contribution is 5.74. The Bertz CT molecular complexity index is 300. The summed E-state index contributed by atoms with van der Waals surface area (Å²) in [4.78, 5) is 16.6. The zero-order valence-electron chi connectivity index (χ0n) is 12.7. The Morgan fingerprint density at radius 1 is 1.11 bits per heavy atom. The third-order valence-electron chi connectivity index (χ3n) is 4.67. The molecular formula is C15H29N3O. The van der Waals surface area contributed by atoms with Gasteiger partial charge in [0.25, 0.3) is 0 Å². The molecule has 0 aromatic heterocycles. The molecule has 110 valence electrons. The molecule has 0 spiro atoms. The van der Waals surface area contributed by atoms with Gasteiger partial charge in [0.15, 0.2) is 0 Å². The van der Waals surface area contributed by atoms with Gasteiger partial charge in [-0.15, -0.1) is 0 Å². The van der Waals surface area contributed by atoms with Crippen LogP contribution < -0.4 is 5.32 Å². The lowest BCUT2D eigenvalue weighted by Crippen LogP contribution is -2.57. The van der Waals surface area contributed by atoms with E-state index in [2.05, 4.69) is 17.1 Å². The van der Waals surface area contributed by atoms with Crippen molar-refractivity contribution in [1.29, 1.82) is 0 Å². The van der Waals surface area contributed by atoms with Crippen molar-refractivity contribution in [2.75, 3.05) is 27.2 Å². The predicted octanol–water partition coefficient (Wildman–Crippen LogP) is 2.30. The summed E-state index contributed by atoms with van der Waals surface area (Å²) < 4.78 is 0. The monoisotopic (exact) mass is 267 g/mol. The van der Waals surface area contributed by atoms with Gasteiger partial charge in [0.05, 0.1) is 0 Å². The summed E-state index contributed by atoms with van der Waals surface area (Å²) in [5, 5.41) is 3.44. The van der Waals surface area contributed by atoms with Gasteiger partial charge in [-0.1, -0.05) is 26.2 Å². The molecule has 0 aromatic carbocycles. The van der Waals surface area contributed by atoms with Gasteiger partial charge in [-0.05, 0) is 38.3 Å². The molecule has 2 amide bonds. The van der Waals surface area contributed by atoms with E-state index in [-0.39, 0.29) is 6.03 Å². The predicted molar refractivity (Wildman–Crippen MR) is 78.2 cm³/mol. The molecule has 0 radical (unpaired) electrons. The number of carbonyl (C=O) groups is 1. The second-order valence-corrected chi connectivity index (χ2v) is 6.41. The molecule has 4 nitrogen and oxygen atoms in total. The second-order valence-electron chi connectivity index (χ2n) is 6.41. The molecule has 2 aliphatic rings. The fourth-order valence-electron chi connectivity index (χ4n) is 3.57. The second kappa shape index (κ2) is 6.60. The SMILES string of the molecule is C[C@H]1CNCC[C@@H]1N(C(=O)N(C)C)C1CCCCC1. The van der Waals surface area contributed by atoms with Gasteiger partial charge >= 0.3 is 6.03 Å². The normalized spacial score (nSPS) is 29.0. The van der Waals surface area contributed by atoms with Crippen molar-refractivity contribution in [3.63, 3.8) is 0 Å². The maximum atomic E-state index is 12.6. The smallest absolute Gasteiger partial charge is 0.319 e. The van der Waals surface area contributed by atoms with E-state index in [0.717, 1.165) is 19.5 Å². The number of nitrogens with zero attached hydrogens (tertiary/aromatic N) is 2. The van der Waals surface area contributed by atoms with Crippen molar-refractivity contribution in [3.05, 3.63) is 0 Å². The Morgan fingerprint density at radius 3 is 2.37 bits per heavy atom. The van der Waals surface area contributed by atoms with E-state index >= 15 is 0 Å². The quantitative estimate of drug-likeness (QED) is 0.833. The first kappa shape index (κ1) is 14.6. The van der Waals surface area contributed by atoms with E-state index in [1.165, 1.54) is 32.1 Å².